The summed E-state index contributed by atoms with van der Waals surface area (Å²) in [6.45, 7) is 4.67. The summed E-state index contributed by atoms with van der Waals surface area (Å²) in [6, 6.07) is 18.8. The molecule has 2 heterocycles. The molecule has 1 aromatic heterocycles. The Hall–Kier alpha value is -3.93. The van der Waals surface area contributed by atoms with E-state index in [1.165, 1.54) is 0 Å². The van der Waals surface area contributed by atoms with Gasteiger partial charge >= 0.3 is 0 Å². The summed E-state index contributed by atoms with van der Waals surface area (Å²) in [4.78, 5) is 16.9. The maximum atomic E-state index is 12.8. The Labute approximate surface area is 229 Å². The van der Waals surface area contributed by atoms with Gasteiger partial charge in [0, 0.05) is 29.5 Å². The van der Waals surface area contributed by atoms with E-state index in [0.29, 0.717) is 23.6 Å². The quantitative estimate of drug-likeness (QED) is 0.345. The van der Waals surface area contributed by atoms with Crippen LogP contribution in [0.3, 0.4) is 0 Å². The highest BCUT2D eigenvalue weighted by Crippen LogP contribution is 2.52. The lowest BCUT2D eigenvalue weighted by Gasteiger charge is -2.28. The summed E-state index contributed by atoms with van der Waals surface area (Å²) >= 11 is 0. The Morgan fingerprint density at radius 2 is 1.92 bits per heavy atom. The van der Waals surface area contributed by atoms with E-state index in [2.05, 4.69) is 35.5 Å². The van der Waals surface area contributed by atoms with E-state index in [4.69, 9.17) is 9.47 Å². The SMILES string of the molecule is CC(C)(Cc1ccc(Oc2ncccc2C#N)cc1)NCC(O)COc1cccc2c1C1(CCCC1)C(=O)N2. The molecule has 1 unspecified atom stereocenters. The molecule has 3 N–H and O–H groups in total. The summed E-state index contributed by atoms with van der Waals surface area (Å²) < 4.78 is 11.9. The molecule has 1 saturated carbocycles. The summed E-state index contributed by atoms with van der Waals surface area (Å²) in [5.41, 5.74) is 2.49. The molecule has 1 spiro atoms. The standard InChI is InChI=1S/C31H34N4O4/c1-30(2,17-21-10-12-24(13-11-21)39-28-22(18-32)7-6-16-33-28)34-19-23(36)20-38-26-9-5-8-25-27(26)31(29(37)35-25)14-3-4-15-31/h5-13,16,23,34,36H,3-4,14-15,17,19-20H2,1-2H3,(H,35,37). The van der Waals surface area contributed by atoms with Crippen LogP contribution in [0, 0.1) is 11.3 Å². The van der Waals surface area contributed by atoms with E-state index in [1.807, 2.05) is 42.5 Å². The number of rotatable bonds is 10. The maximum Gasteiger partial charge on any atom is 0.237 e. The molecular formula is C31H34N4O4. The van der Waals surface area contributed by atoms with E-state index >= 15 is 0 Å². The summed E-state index contributed by atoms with van der Waals surface area (Å²) in [7, 11) is 0. The largest absolute Gasteiger partial charge is 0.490 e. The molecule has 0 bridgehead atoms. The molecule has 8 nitrogen and oxygen atoms in total. The minimum atomic E-state index is -0.715. The van der Waals surface area contributed by atoms with E-state index in [9.17, 15) is 15.2 Å². The number of aliphatic hydroxyl groups is 1. The molecule has 1 fully saturated rings. The zero-order chi connectivity index (χ0) is 27.5. The maximum absolute atomic E-state index is 12.8. The van der Waals surface area contributed by atoms with Crippen LogP contribution >= 0.6 is 0 Å². The molecule has 0 radical (unpaired) electrons. The molecule has 0 saturated heterocycles. The average Bonchev–Trinajstić information content (AvgIpc) is 3.53. The Kier molecular flexibility index (Phi) is 7.56. The van der Waals surface area contributed by atoms with Gasteiger partial charge in [-0.15, -0.1) is 0 Å². The molecule has 5 rings (SSSR count). The van der Waals surface area contributed by atoms with Crippen LogP contribution in [0.1, 0.15) is 56.2 Å². The Morgan fingerprint density at radius 1 is 1.15 bits per heavy atom. The fourth-order valence-electron chi connectivity index (χ4n) is 5.62. The number of β-amino-alcohol motifs (C(OH)–C–C–N with tert-alkyl or cyclic N) is 1. The third-order valence-corrected chi connectivity index (χ3v) is 7.57. The lowest BCUT2D eigenvalue weighted by Crippen LogP contribution is -2.46. The van der Waals surface area contributed by atoms with Crippen molar-refractivity contribution in [2.45, 2.75) is 63.0 Å². The van der Waals surface area contributed by atoms with Crippen molar-refractivity contribution in [1.82, 2.24) is 10.3 Å². The summed E-state index contributed by atoms with van der Waals surface area (Å²) in [5, 5.41) is 26.4. The van der Waals surface area contributed by atoms with Gasteiger partial charge in [-0.25, -0.2) is 4.98 Å². The van der Waals surface area contributed by atoms with Crippen molar-refractivity contribution in [3.63, 3.8) is 0 Å². The van der Waals surface area contributed by atoms with Gasteiger partial charge < -0.3 is 25.2 Å². The van der Waals surface area contributed by atoms with Crippen LogP contribution in [0.25, 0.3) is 0 Å². The average molecular weight is 527 g/mol. The predicted molar refractivity (Wildman–Crippen MR) is 148 cm³/mol. The van der Waals surface area contributed by atoms with E-state index in [0.717, 1.165) is 48.9 Å². The normalized spacial score (nSPS) is 16.4. The number of hydrogen-bond donors (Lipinski definition) is 3. The molecule has 2 aromatic carbocycles. The smallest absolute Gasteiger partial charge is 0.237 e. The van der Waals surface area contributed by atoms with E-state index < -0.39 is 11.5 Å². The lowest BCUT2D eigenvalue weighted by atomic mass is 9.79. The third kappa shape index (κ3) is 5.75. The van der Waals surface area contributed by atoms with Crippen molar-refractivity contribution < 1.29 is 19.4 Å². The van der Waals surface area contributed by atoms with Crippen molar-refractivity contribution in [1.29, 1.82) is 5.26 Å². The van der Waals surface area contributed by atoms with Gasteiger partial charge in [0.15, 0.2) is 0 Å². The number of nitrogens with zero attached hydrogens (tertiary/aromatic N) is 2. The van der Waals surface area contributed by atoms with Gasteiger partial charge in [0.1, 0.15) is 35.8 Å². The van der Waals surface area contributed by atoms with Gasteiger partial charge in [0.05, 0.1) is 5.41 Å². The zero-order valence-electron chi connectivity index (χ0n) is 22.4. The highest BCUT2D eigenvalue weighted by molar-refractivity contribution is 6.07. The van der Waals surface area contributed by atoms with Crippen molar-refractivity contribution >= 4 is 11.6 Å². The highest BCUT2D eigenvalue weighted by Gasteiger charge is 2.50. The van der Waals surface area contributed by atoms with Gasteiger partial charge in [0.2, 0.25) is 11.8 Å². The Morgan fingerprint density at radius 3 is 2.67 bits per heavy atom. The van der Waals surface area contributed by atoms with Crippen molar-refractivity contribution in [3.05, 3.63) is 77.5 Å². The Balaban J connectivity index is 1.14. The van der Waals surface area contributed by atoms with Crippen molar-refractivity contribution in [3.8, 4) is 23.4 Å². The van der Waals surface area contributed by atoms with Crippen LogP contribution in [0.15, 0.2) is 60.8 Å². The Bertz CT molecular complexity index is 1370. The highest BCUT2D eigenvalue weighted by atomic mass is 16.5. The van der Waals surface area contributed by atoms with Gasteiger partial charge in [-0.2, -0.15) is 5.26 Å². The number of hydrogen-bond acceptors (Lipinski definition) is 7. The first kappa shape index (κ1) is 26.7. The van der Waals surface area contributed by atoms with Crippen LogP contribution in [0.4, 0.5) is 5.69 Å². The van der Waals surface area contributed by atoms with E-state index in [1.54, 1.807) is 18.3 Å². The van der Waals surface area contributed by atoms with E-state index in [-0.39, 0.29) is 23.9 Å². The van der Waals surface area contributed by atoms with Crippen LogP contribution in [0.2, 0.25) is 0 Å². The first-order chi connectivity index (χ1) is 18.8. The number of aromatic nitrogens is 1. The third-order valence-electron chi connectivity index (χ3n) is 7.57. The molecule has 1 aliphatic heterocycles. The molecule has 39 heavy (non-hydrogen) atoms. The van der Waals surface area contributed by atoms with Crippen LogP contribution in [-0.2, 0) is 16.6 Å². The van der Waals surface area contributed by atoms with Crippen LogP contribution in [-0.4, -0.2) is 40.8 Å². The number of nitriles is 1. The molecule has 2 aliphatic rings. The van der Waals surface area contributed by atoms with Gasteiger partial charge in [0.25, 0.3) is 0 Å². The number of carbonyl (C=O) groups excluding carboxylic acids is 1. The van der Waals surface area contributed by atoms with Crippen molar-refractivity contribution in [2.24, 2.45) is 0 Å². The number of amides is 1. The molecule has 1 amide bonds. The topological polar surface area (TPSA) is 116 Å². The van der Waals surface area contributed by atoms with Gasteiger partial charge in [-0.05, 0) is 75.1 Å². The zero-order valence-corrected chi connectivity index (χ0v) is 22.4. The number of carbonyl (C=O) groups is 1. The molecule has 3 aromatic rings. The van der Waals surface area contributed by atoms with Crippen LogP contribution < -0.4 is 20.1 Å². The fourth-order valence-corrected chi connectivity index (χ4v) is 5.62. The summed E-state index contributed by atoms with van der Waals surface area (Å²) in [5.74, 6) is 1.64. The number of pyridine rings is 1. The first-order valence-electron chi connectivity index (χ1n) is 13.4. The van der Waals surface area contributed by atoms with Gasteiger partial charge in [-0.3, -0.25) is 4.79 Å². The molecular weight excluding hydrogens is 492 g/mol. The fraction of sp³-hybridized carbons (Fsp3) is 0.387. The predicted octanol–water partition coefficient (Wildman–Crippen LogP) is 4.86. The number of fused-ring (bicyclic) bond motifs is 2. The number of anilines is 1. The summed E-state index contributed by atoms with van der Waals surface area (Å²) in [6.07, 6.45) is 5.35. The number of ether oxygens (including phenoxy) is 2. The second kappa shape index (κ2) is 11.0. The number of aliphatic hydroxyl groups excluding tert-OH is 1. The number of nitrogens with one attached hydrogen (secondary N) is 2. The first-order valence-corrected chi connectivity index (χ1v) is 13.4. The minimum absolute atomic E-state index is 0.0678. The lowest BCUT2D eigenvalue weighted by molar-refractivity contribution is -0.120. The van der Waals surface area contributed by atoms with Crippen molar-refractivity contribution in [2.75, 3.05) is 18.5 Å². The second-order valence-electron chi connectivity index (χ2n) is 11.0. The minimum Gasteiger partial charge on any atom is -0.490 e. The molecule has 1 atom stereocenters. The molecule has 8 heteroatoms. The van der Waals surface area contributed by atoms with Crippen LogP contribution in [0.5, 0.6) is 17.4 Å². The second-order valence-corrected chi connectivity index (χ2v) is 11.0. The molecule has 1 aliphatic carbocycles. The monoisotopic (exact) mass is 526 g/mol. The number of benzene rings is 2. The van der Waals surface area contributed by atoms with Gasteiger partial charge in [-0.1, -0.05) is 31.0 Å². The molecule has 202 valence electrons.